The summed E-state index contributed by atoms with van der Waals surface area (Å²) in [6.45, 7) is 6.42. The van der Waals surface area contributed by atoms with E-state index in [9.17, 15) is 4.79 Å². The van der Waals surface area contributed by atoms with E-state index in [4.69, 9.17) is 5.73 Å². The van der Waals surface area contributed by atoms with Crippen LogP contribution in [0.1, 0.15) is 19.8 Å². The zero-order valence-corrected chi connectivity index (χ0v) is 8.96. The molecule has 1 fully saturated rings. The molecule has 0 radical (unpaired) electrons. The molecule has 1 rings (SSSR count). The van der Waals surface area contributed by atoms with Gasteiger partial charge >= 0.3 is 0 Å². The van der Waals surface area contributed by atoms with Crippen LogP contribution < -0.4 is 11.1 Å². The van der Waals surface area contributed by atoms with Crippen molar-refractivity contribution in [3.8, 4) is 0 Å². The fraction of sp³-hybridized carbons (Fsp3) is 0.900. The first-order chi connectivity index (χ1) is 6.72. The molecule has 0 aromatic heterocycles. The molecule has 1 amide bonds. The maximum absolute atomic E-state index is 10.7. The van der Waals surface area contributed by atoms with Crippen molar-refractivity contribution in [1.29, 1.82) is 0 Å². The second kappa shape index (κ2) is 5.98. The zero-order valence-electron chi connectivity index (χ0n) is 8.96. The minimum atomic E-state index is 0.0781. The van der Waals surface area contributed by atoms with E-state index in [-0.39, 0.29) is 5.91 Å². The molecule has 14 heavy (non-hydrogen) atoms. The summed E-state index contributed by atoms with van der Waals surface area (Å²) in [5.74, 6) is 0.738. The molecule has 0 atom stereocenters. The van der Waals surface area contributed by atoms with Crippen LogP contribution in [0.4, 0.5) is 0 Å². The number of nitrogens with two attached hydrogens (primary N) is 1. The number of amides is 1. The van der Waals surface area contributed by atoms with Gasteiger partial charge in [-0.15, -0.1) is 0 Å². The van der Waals surface area contributed by atoms with Crippen LogP contribution in [-0.2, 0) is 4.79 Å². The lowest BCUT2D eigenvalue weighted by atomic mass is 9.97. The number of piperidine rings is 1. The molecule has 0 saturated carbocycles. The Morgan fingerprint density at radius 1 is 1.50 bits per heavy atom. The number of carbonyl (C=O) groups is 1. The van der Waals surface area contributed by atoms with Gasteiger partial charge < -0.3 is 16.0 Å². The first-order valence-electron chi connectivity index (χ1n) is 5.39. The number of hydrogen-bond acceptors (Lipinski definition) is 3. The predicted molar refractivity (Wildman–Crippen MR) is 56.9 cm³/mol. The van der Waals surface area contributed by atoms with Crippen LogP contribution in [0.2, 0.25) is 0 Å². The minimum Gasteiger partial charge on any atom is -0.356 e. The molecule has 1 heterocycles. The van der Waals surface area contributed by atoms with Crippen molar-refractivity contribution in [3.05, 3.63) is 0 Å². The Morgan fingerprint density at radius 3 is 2.64 bits per heavy atom. The van der Waals surface area contributed by atoms with Crippen molar-refractivity contribution in [2.24, 2.45) is 11.7 Å². The van der Waals surface area contributed by atoms with Gasteiger partial charge in [0.2, 0.25) is 5.91 Å². The van der Waals surface area contributed by atoms with Crippen LogP contribution in [-0.4, -0.2) is 43.5 Å². The predicted octanol–water partition coefficient (Wildman–Crippen LogP) is -0.207. The van der Waals surface area contributed by atoms with E-state index < -0.39 is 0 Å². The molecule has 1 aliphatic rings. The molecule has 1 aliphatic heterocycles. The highest BCUT2D eigenvalue weighted by Gasteiger charge is 2.18. The van der Waals surface area contributed by atoms with E-state index in [1.54, 1.807) is 6.92 Å². The highest BCUT2D eigenvalue weighted by atomic mass is 16.1. The summed E-state index contributed by atoms with van der Waals surface area (Å²) >= 11 is 0. The Labute approximate surface area is 85.8 Å². The highest BCUT2D eigenvalue weighted by molar-refractivity contribution is 5.72. The lowest BCUT2D eigenvalue weighted by molar-refractivity contribution is -0.119. The molecule has 0 spiro atoms. The van der Waals surface area contributed by atoms with E-state index >= 15 is 0 Å². The molecular formula is C10H21N3O. The number of carbonyl (C=O) groups excluding carboxylic acids is 1. The van der Waals surface area contributed by atoms with Crippen LogP contribution in [0.3, 0.4) is 0 Å². The van der Waals surface area contributed by atoms with Gasteiger partial charge in [-0.25, -0.2) is 0 Å². The van der Waals surface area contributed by atoms with Crippen LogP contribution in [0.15, 0.2) is 0 Å². The van der Waals surface area contributed by atoms with Gasteiger partial charge in [-0.2, -0.15) is 0 Å². The van der Waals surface area contributed by atoms with Crippen molar-refractivity contribution in [1.82, 2.24) is 10.2 Å². The smallest absolute Gasteiger partial charge is 0.216 e. The van der Waals surface area contributed by atoms with Gasteiger partial charge in [0, 0.05) is 26.6 Å². The molecule has 0 unspecified atom stereocenters. The first kappa shape index (κ1) is 11.5. The van der Waals surface area contributed by atoms with Crippen molar-refractivity contribution in [2.45, 2.75) is 19.8 Å². The highest BCUT2D eigenvalue weighted by Crippen LogP contribution is 2.15. The molecule has 0 aliphatic carbocycles. The largest absolute Gasteiger partial charge is 0.356 e. The summed E-state index contributed by atoms with van der Waals surface area (Å²) < 4.78 is 0. The number of nitrogens with zero attached hydrogens (tertiary/aromatic N) is 1. The molecule has 0 aromatic carbocycles. The SMILES string of the molecule is CC(=O)NCC1CCN(CCN)CC1. The van der Waals surface area contributed by atoms with Crippen LogP contribution >= 0.6 is 0 Å². The van der Waals surface area contributed by atoms with Gasteiger partial charge in [-0.05, 0) is 31.8 Å². The fourth-order valence-corrected chi connectivity index (χ4v) is 1.88. The van der Waals surface area contributed by atoms with E-state index in [1.165, 1.54) is 12.8 Å². The van der Waals surface area contributed by atoms with Gasteiger partial charge in [0.05, 0.1) is 0 Å². The molecule has 1 saturated heterocycles. The topological polar surface area (TPSA) is 58.4 Å². The standard InChI is InChI=1S/C10H21N3O/c1-9(14)12-8-10-2-5-13(6-3-10)7-4-11/h10H,2-8,11H2,1H3,(H,12,14). The summed E-state index contributed by atoms with van der Waals surface area (Å²) in [6.07, 6.45) is 2.36. The van der Waals surface area contributed by atoms with E-state index in [0.717, 1.165) is 32.7 Å². The molecule has 0 aromatic rings. The number of likely N-dealkylation sites (tertiary alicyclic amines) is 1. The van der Waals surface area contributed by atoms with Crippen molar-refractivity contribution in [3.63, 3.8) is 0 Å². The Morgan fingerprint density at radius 2 is 2.14 bits per heavy atom. The van der Waals surface area contributed by atoms with Gasteiger partial charge in [0.1, 0.15) is 0 Å². The quantitative estimate of drug-likeness (QED) is 0.659. The first-order valence-corrected chi connectivity index (χ1v) is 5.39. The summed E-state index contributed by atoms with van der Waals surface area (Å²) in [5, 5.41) is 2.88. The van der Waals surface area contributed by atoms with Crippen molar-refractivity contribution < 1.29 is 4.79 Å². The van der Waals surface area contributed by atoms with Crippen LogP contribution in [0.25, 0.3) is 0 Å². The zero-order chi connectivity index (χ0) is 10.4. The Bertz CT molecular complexity index is 176. The lowest BCUT2D eigenvalue weighted by Crippen LogP contribution is -2.40. The normalized spacial score (nSPS) is 19.6. The van der Waals surface area contributed by atoms with Gasteiger partial charge in [-0.3, -0.25) is 4.79 Å². The Hall–Kier alpha value is -0.610. The van der Waals surface area contributed by atoms with Gasteiger partial charge in [0.25, 0.3) is 0 Å². The maximum atomic E-state index is 10.7. The molecular weight excluding hydrogens is 178 g/mol. The third kappa shape index (κ3) is 4.07. The third-order valence-electron chi connectivity index (χ3n) is 2.79. The van der Waals surface area contributed by atoms with Gasteiger partial charge in [0.15, 0.2) is 0 Å². The van der Waals surface area contributed by atoms with Crippen molar-refractivity contribution in [2.75, 3.05) is 32.7 Å². The van der Waals surface area contributed by atoms with Gasteiger partial charge in [-0.1, -0.05) is 0 Å². The summed E-state index contributed by atoms with van der Waals surface area (Å²) in [5.41, 5.74) is 5.49. The lowest BCUT2D eigenvalue weighted by Gasteiger charge is -2.31. The maximum Gasteiger partial charge on any atom is 0.216 e. The fourth-order valence-electron chi connectivity index (χ4n) is 1.88. The van der Waals surface area contributed by atoms with Crippen LogP contribution in [0.5, 0.6) is 0 Å². The second-order valence-electron chi connectivity index (χ2n) is 4.01. The van der Waals surface area contributed by atoms with E-state index in [0.29, 0.717) is 5.92 Å². The Kier molecular flexibility index (Phi) is 4.90. The Balaban J connectivity index is 2.12. The summed E-state index contributed by atoms with van der Waals surface area (Å²) in [4.78, 5) is 13.1. The molecule has 4 nitrogen and oxygen atoms in total. The summed E-state index contributed by atoms with van der Waals surface area (Å²) in [6, 6.07) is 0. The molecule has 3 N–H and O–H groups in total. The average molecular weight is 199 g/mol. The van der Waals surface area contributed by atoms with E-state index in [2.05, 4.69) is 10.2 Å². The minimum absolute atomic E-state index is 0.0781. The molecule has 82 valence electrons. The van der Waals surface area contributed by atoms with Crippen LogP contribution in [0, 0.1) is 5.92 Å². The average Bonchev–Trinajstić information content (AvgIpc) is 2.17. The molecule has 4 heteroatoms. The monoisotopic (exact) mass is 199 g/mol. The van der Waals surface area contributed by atoms with Crippen molar-refractivity contribution >= 4 is 5.91 Å². The molecule has 0 bridgehead atoms. The third-order valence-corrected chi connectivity index (χ3v) is 2.79. The second-order valence-corrected chi connectivity index (χ2v) is 4.01. The number of nitrogens with one attached hydrogen (secondary N) is 1. The summed E-state index contributed by atoms with van der Waals surface area (Å²) in [7, 11) is 0. The van der Waals surface area contributed by atoms with E-state index in [1.807, 2.05) is 0 Å². The number of rotatable bonds is 4. The number of hydrogen-bond donors (Lipinski definition) is 2.